The van der Waals surface area contributed by atoms with Crippen molar-refractivity contribution in [1.82, 2.24) is 9.80 Å². The minimum absolute atomic E-state index is 0.123. The summed E-state index contributed by atoms with van der Waals surface area (Å²) < 4.78 is 21.6. The molecule has 9 nitrogen and oxygen atoms in total. The van der Waals surface area contributed by atoms with Crippen molar-refractivity contribution < 1.29 is 33.3 Å². The molecule has 32 heavy (non-hydrogen) atoms. The second-order valence-electron chi connectivity index (χ2n) is 7.37. The van der Waals surface area contributed by atoms with Crippen LogP contribution in [-0.4, -0.2) is 80.2 Å². The van der Waals surface area contributed by atoms with Gasteiger partial charge in [-0.05, 0) is 36.4 Å². The number of nitrogens with zero attached hydrogens (tertiary/aromatic N) is 2. The van der Waals surface area contributed by atoms with E-state index in [0.717, 1.165) is 0 Å². The zero-order valence-corrected chi connectivity index (χ0v) is 17.7. The molecule has 2 aliphatic rings. The molecule has 0 bridgehead atoms. The van der Waals surface area contributed by atoms with Gasteiger partial charge in [0.05, 0.1) is 12.7 Å². The Balaban J connectivity index is 1.23. The molecule has 1 fully saturated rings. The van der Waals surface area contributed by atoms with Gasteiger partial charge in [-0.25, -0.2) is 4.79 Å². The smallest absolute Gasteiger partial charge is 0.337 e. The van der Waals surface area contributed by atoms with Gasteiger partial charge in [-0.3, -0.25) is 9.59 Å². The molecule has 1 unspecified atom stereocenters. The van der Waals surface area contributed by atoms with Crippen molar-refractivity contribution in [2.75, 3.05) is 46.5 Å². The van der Waals surface area contributed by atoms with Crippen molar-refractivity contribution in [3.05, 3.63) is 54.1 Å². The molecular formula is C23H24N2O7. The Kier molecular flexibility index (Phi) is 6.44. The molecule has 2 amide bonds. The van der Waals surface area contributed by atoms with E-state index in [1.54, 1.807) is 46.2 Å². The highest BCUT2D eigenvalue weighted by Crippen LogP contribution is 2.31. The zero-order chi connectivity index (χ0) is 22.5. The summed E-state index contributed by atoms with van der Waals surface area (Å²) in [6, 6.07) is 13.6. The number of carbonyl (C=O) groups is 3. The number of methoxy groups -OCH3 is 1. The van der Waals surface area contributed by atoms with Crippen LogP contribution in [0.5, 0.6) is 17.2 Å². The van der Waals surface area contributed by atoms with Crippen LogP contribution in [0.3, 0.4) is 0 Å². The van der Waals surface area contributed by atoms with E-state index in [-0.39, 0.29) is 25.0 Å². The molecule has 2 aromatic rings. The van der Waals surface area contributed by atoms with E-state index in [9.17, 15) is 14.4 Å². The van der Waals surface area contributed by atoms with Crippen LogP contribution in [-0.2, 0) is 14.3 Å². The van der Waals surface area contributed by atoms with Crippen LogP contribution in [0.25, 0.3) is 0 Å². The SMILES string of the molecule is COC(=O)c1ccc(OCC(=O)N2CCN(C(=O)C3COc4ccccc4O3)CC2)cc1. The fourth-order valence-electron chi connectivity index (χ4n) is 3.56. The molecule has 0 saturated carbocycles. The number of esters is 1. The van der Waals surface area contributed by atoms with Crippen molar-refractivity contribution in [2.45, 2.75) is 6.10 Å². The maximum atomic E-state index is 12.8. The van der Waals surface area contributed by atoms with Gasteiger partial charge in [-0.1, -0.05) is 12.1 Å². The Labute approximate surface area is 185 Å². The molecule has 0 N–H and O–H groups in total. The van der Waals surface area contributed by atoms with Crippen LogP contribution in [0.4, 0.5) is 0 Å². The minimum Gasteiger partial charge on any atom is -0.485 e. The number of piperazine rings is 1. The molecule has 0 aliphatic carbocycles. The molecule has 4 rings (SSSR count). The Hall–Kier alpha value is -3.75. The van der Waals surface area contributed by atoms with Gasteiger partial charge in [-0.15, -0.1) is 0 Å². The zero-order valence-electron chi connectivity index (χ0n) is 17.7. The molecule has 1 atom stereocenters. The third kappa shape index (κ3) is 4.77. The van der Waals surface area contributed by atoms with Crippen LogP contribution >= 0.6 is 0 Å². The highest BCUT2D eigenvalue weighted by Gasteiger charge is 2.33. The van der Waals surface area contributed by atoms with Gasteiger partial charge >= 0.3 is 5.97 Å². The lowest BCUT2D eigenvalue weighted by Crippen LogP contribution is -2.55. The Morgan fingerprint density at radius 2 is 1.59 bits per heavy atom. The van der Waals surface area contributed by atoms with E-state index in [1.807, 2.05) is 12.1 Å². The van der Waals surface area contributed by atoms with Gasteiger partial charge in [-0.2, -0.15) is 0 Å². The summed E-state index contributed by atoms with van der Waals surface area (Å²) >= 11 is 0. The lowest BCUT2D eigenvalue weighted by atomic mass is 10.2. The molecule has 2 aliphatic heterocycles. The van der Waals surface area contributed by atoms with E-state index >= 15 is 0 Å². The molecule has 0 spiro atoms. The summed E-state index contributed by atoms with van der Waals surface area (Å²) in [7, 11) is 1.31. The topological polar surface area (TPSA) is 94.6 Å². The van der Waals surface area contributed by atoms with Gasteiger partial charge < -0.3 is 28.7 Å². The summed E-state index contributed by atoms with van der Waals surface area (Å²) in [5, 5.41) is 0. The normalized spacial score (nSPS) is 17.5. The first kappa shape index (κ1) is 21.5. The molecule has 2 heterocycles. The summed E-state index contributed by atoms with van der Waals surface area (Å²) in [5.74, 6) is 0.924. The van der Waals surface area contributed by atoms with E-state index in [1.165, 1.54) is 7.11 Å². The van der Waals surface area contributed by atoms with Crippen molar-refractivity contribution >= 4 is 17.8 Å². The third-order valence-electron chi connectivity index (χ3n) is 5.37. The quantitative estimate of drug-likeness (QED) is 0.648. The second-order valence-corrected chi connectivity index (χ2v) is 7.37. The average Bonchev–Trinajstić information content (AvgIpc) is 2.86. The average molecular weight is 440 g/mol. The van der Waals surface area contributed by atoms with Gasteiger partial charge in [0.25, 0.3) is 11.8 Å². The number of carbonyl (C=O) groups excluding carboxylic acids is 3. The number of hydrogen-bond acceptors (Lipinski definition) is 7. The monoisotopic (exact) mass is 440 g/mol. The van der Waals surface area contributed by atoms with E-state index < -0.39 is 12.1 Å². The number of para-hydroxylation sites is 2. The van der Waals surface area contributed by atoms with Gasteiger partial charge in [0.15, 0.2) is 18.1 Å². The number of hydrogen-bond donors (Lipinski definition) is 0. The molecular weight excluding hydrogens is 416 g/mol. The van der Waals surface area contributed by atoms with E-state index in [2.05, 4.69) is 4.74 Å². The number of amides is 2. The lowest BCUT2D eigenvalue weighted by molar-refractivity contribution is -0.146. The van der Waals surface area contributed by atoms with Crippen LogP contribution in [0.1, 0.15) is 10.4 Å². The third-order valence-corrected chi connectivity index (χ3v) is 5.37. The van der Waals surface area contributed by atoms with Gasteiger partial charge in [0.1, 0.15) is 12.4 Å². The second kappa shape index (κ2) is 9.59. The fourth-order valence-corrected chi connectivity index (χ4v) is 3.56. The first-order valence-corrected chi connectivity index (χ1v) is 10.3. The molecule has 9 heteroatoms. The molecule has 168 valence electrons. The van der Waals surface area contributed by atoms with E-state index in [4.69, 9.17) is 14.2 Å². The standard InChI is InChI=1S/C23H24N2O7/c1-29-23(28)16-6-8-17(9-7-16)30-15-21(26)24-10-12-25(13-11-24)22(27)20-14-31-18-4-2-3-5-19(18)32-20/h2-9,20H,10-15H2,1H3. The summed E-state index contributed by atoms with van der Waals surface area (Å²) in [6.07, 6.45) is -0.691. The highest BCUT2D eigenvalue weighted by molar-refractivity contribution is 5.89. The Morgan fingerprint density at radius 1 is 0.938 bits per heavy atom. The summed E-state index contributed by atoms with van der Waals surface area (Å²) in [4.78, 5) is 40.1. The minimum atomic E-state index is -0.691. The van der Waals surface area contributed by atoms with Crippen molar-refractivity contribution in [3.63, 3.8) is 0 Å². The number of benzene rings is 2. The van der Waals surface area contributed by atoms with Gasteiger partial charge in [0, 0.05) is 26.2 Å². The number of fused-ring (bicyclic) bond motifs is 1. The number of rotatable bonds is 5. The number of ether oxygens (including phenoxy) is 4. The van der Waals surface area contributed by atoms with Crippen molar-refractivity contribution in [1.29, 1.82) is 0 Å². The molecule has 0 radical (unpaired) electrons. The van der Waals surface area contributed by atoms with Crippen LogP contribution in [0.2, 0.25) is 0 Å². The van der Waals surface area contributed by atoms with Crippen molar-refractivity contribution in [3.8, 4) is 17.2 Å². The predicted octanol–water partition coefficient (Wildman–Crippen LogP) is 1.36. The van der Waals surface area contributed by atoms with Crippen LogP contribution < -0.4 is 14.2 Å². The van der Waals surface area contributed by atoms with E-state index in [0.29, 0.717) is 49.0 Å². The molecule has 1 saturated heterocycles. The summed E-state index contributed by atoms with van der Waals surface area (Å²) in [5.41, 5.74) is 0.405. The Morgan fingerprint density at radius 3 is 2.28 bits per heavy atom. The molecule has 2 aromatic carbocycles. The highest BCUT2D eigenvalue weighted by atomic mass is 16.6. The fraction of sp³-hybridized carbons (Fsp3) is 0.348. The first-order chi connectivity index (χ1) is 15.5. The van der Waals surface area contributed by atoms with Crippen LogP contribution in [0.15, 0.2) is 48.5 Å². The molecule has 0 aromatic heterocycles. The summed E-state index contributed by atoms with van der Waals surface area (Å²) in [6.45, 7) is 1.71. The maximum absolute atomic E-state index is 12.8. The van der Waals surface area contributed by atoms with Crippen LogP contribution in [0, 0.1) is 0 Å². The predicted molar refractivity (Wildman–Crippen MR) is 113 cm³/mol. The maximum Gasteiger partial charge on any atom is 0.337 e. The lowest BCUT2D eigenvalue weighted by Gasteiger charge is -2.37. The largest absolute Gasteiger partial charge is 0.485 e. The Bertz CT molecular complexity index is 984. The van der Waals surface area contributed by atoms with Gasteiger partial charge in [0.2, 0.25) is 6.10 Å². The van der Waals surface area contributed by atoms with Crippen molar-refractivity contribution in [2.24, 2.45) is 0 Å². The first-order valence-electron chi connectivity index (χ1n) is 10.3.